The lowest BCUT2D eigenvalue weighted by Gasteiger charge is -2.15. The molecule has 1 aliphatic carbocycles. The van der Waals surface area contributed by atoms with Crippen molar-refractivity contribution in [1.29, 1.82) is 0 Å². The molecule has 0 aromatic heterocycles. The van der Waals surface area contributed by atoms with E-state index in [0.29, 0.717) is 22.9 Å². The Morgan fingerprint density at radius 3 is 2.76 bits per heavy atom. The van der Waals surface area contributed by atoms with Crippen molar-refractivity contribution in [3.63, 3.8) is 0 Å². The molecule has 0 heterocycles. The minimum atomic E-state index is -0.825. The van der Waals surface area contributed by atoms with E-state index in [1.165, 1.54) is 6.07 Å². The van der Waals surface area contributed by atoms with Gasteiger partial charge in [-0.15, -0.1) is 0 Å². The predicted octanol–water partition coefficient (Wildman–Crippen LogP) is 3.52. The van der Waals surface area contributed by atoms with Gasteiger partial charge in [0, 0.05) is 17.0 Å². The molecule has 1 atom stereocenters. The fourth-order valence-corrected chi connectivity index (χ4v) is 2.43. The molecule has 1 aromatic rings. The monoisotopic (exact) mass is 256 g/mol. The molecule has 0 saturated heterocycles. The van der Waals surface area contributed by atoms with Crippen LogP contribution in [0.5, 0.6) is 0 Å². The van der Waals surface area contributed by atoms with E-state index >= 15 is 0 Å². The summed E-state index contributed by atoms with van der Waals surface area (Å²) in [6, 6.07) is 4.57. The Labute approximate surface area is 104 Å². The van der Waals surface area contributed by atoms with Gasteiger partial charge in [0.25, 0.3) is 0 Å². The Balaban J connectivity index is 2.14. The fraction of sp³-hybridized carbons (Fsp3) is 0.462. The molecule has 1 aromatic carbocycles. The van der Waals surface area contributed by atoms with E-state index in [-0.39, 0.29) is 18.2 Å². The smallest absolute Gasteiger partial charge is 0.303 e. The maximum atomic E-state index is 13.6. The molecule has 1 unspecified atom stereocenters. The minimum Gasteiger partial charge on any atom is -0.481 e. The second kappa shape index (κ2) is 5.05. The van der Waals surface area contributed by atoms with Crippen molar-refractivity contribution in [2.45, 2.75) is 25.7 Å². The van der Waals surface area contributed by atoms with Crippen LogP contribution in [0.1, 0.15) is 24.8 Å². The zero-order chi connectivity index (χ0) is 12.4. The number of aliphatic carboxylic acids is 1. The summed E-state index contributed by atoms with van der Waals surface area (Å²) in [5.41, 5.74) is 0.451. The van der Waals surface area contributed by atoms with Crippen molar-refractivity contribution in [2.75, 3.05) is 0 Å². The van der Waals surface area contributed by atoms with Gasteiger partial charge >= 0.3 is 5.97 Å². The summed E-state index contributed by atoms with van der Waals surface area (Å²) < 4.78 is 13.6. The molecule has 4 heteroatoms. The molecule has 1 fully saturated rings. The molecule has 1 N–H and O–H groups in total. The minimum absolute atomic E-state index is 0.00176. The van der Waals surface area contributed by atoms with Crippen LogP contribution in [0.4, 0.5) is 4.39 Å². The van der Waals surface area contributed by atoms with Gasteiger partial charge in [0.05, 0.1) is 0 Å². The van der Waals surface area contributed by atoms with Crippen LogP contribution in [0.15, 0.2) is 18.2 Å². The van der Waals surface area contributed by atoms with Crippen molar-refractivity contribution < 1.29 is 14.3 Å². The van der Waals surface area contributed by atoms with Crippen LogP contribution in [0.2, 0.25) is 5.02 Å². The predicted molar refractivity (Wildman–Crippen MR) is 63.6 cm³/mol. The van der Waals surface area contributed by atoms with Crippen molar-refractivity contribution >= 4 is 17.6 Å². The average molecular weight is 257 g/mol. The first-order valence-corrected chi connectivity index (χ1v) is 6.10. The second-order valence-electron chi connectivity index (χ2n) is 4.60. The number of hydrogen-bond donors (Lipinski definition) is 1. The van der Waals surface area contributed by atoms with Crippen LogP contribution in [-0.4, -0.2) is 11.1 Å². The number of halogens is 2. The summed E-state index contributed by atoms with van der Waals surface area (Å²) in [7, 11) is 0. The van der Waals surface area contributed by atoms with Gasteiger partial charge in [-0.2, -0.15) is 0 Å². The van der Waals surface area contributed by atoms with Crippen molar-refractivity contribution in [3.8, 4) is 0 Å². The molecule has 92 valence electrons. The molecular weight excluding hydrogens is 243 g/mol. The van der Waals surface area contributed by atoms with E-state index in [2.05, 4.69) is 0 Å². The first-order valence-electron chi connectivity index (χ1n) is 5.72. The van der Waals surface area contributed by atoms with Crippen LogP contribution in [0, 0.1) is 17.7 Å². The first-order chi connectivity index (χ1) is 8.08. The molecule has 1 saturated carbocycles. The Hall–Kier alpha value is -1.09. The largest absolute Gasteiger partial charge is 0.481 e. The maximum absolute atomic E-state index is 13.6. The molecule has 0 amide bonds. The summed E-state index contributed by atoms with van der Waals surface area (Å²) in [6.07, 6.45) is 2.60. The molecule has 1 aliphatic rings. The number of benzene rings is 1. The highest BCUT2D eigenvalue weighted by molar-refractivity contribution is 6.31. The number of carboxylic acids is 1. The van der Waals surface area contributed by atoms with E-state index in [1.807, 2.05) is 0 Å². The molecule has 2 nitrogen and oxygen atoms in total. The number of rotatable bonds is 5. The normalized spacial score (nSPS) is 16.8. The van der Waals surface area contributed by atoms with Gasteiger partial charge in [-0.25, -0.2) is 4.39 Å². The number of carboxylic acid groups (broad SMARTS) is 1. The highest BCUT2D eigenvalue weighted by atomic mass is 35.5. The van der Waals surface area contributed by atoms with Gasteiger partial charge in [0.1, 0.15) is 5.82 Å². The Morgan fingerprint density at radius 1 is 1.53 bits per heavy atom. The Morgan fingerprint density at radius 2 is 2.24 bits per heavy atom. The number of carbonyl (C=O) groups is 1. The van der Waals surface area contributed by atoms with E-state index in [0.717, 1.165) is 12.8 Å². The van der Waals surface area contributed by atoms with E-state index in [1.54, 1.807) is 12.1 Å². The lowest BCUT2D eigenvalue weighted by molar-refractivity contribution is -0.138. The molecule has 17 heavy (non-hydrogen) atoms. The summed E-state index contributed by atoms with van der Waals surface area (Å²) >= 11 is 5.95. The topological polar surface area (TPSA) is 37.3 Å². The molecule has 0 radical (unpaired) electrons. The van der Waals surface area contributed by atoms with Gasteiger partial charge in [-0.05, 0) is 43.2 Å². The van der Waals surface area contributed by atoms with Crippen LogP contribution in [0.25, 0.3) is 0 Å². The van der Waals surface area contributed by atoms with Crippen LogP contribution in [-0.2, 0) is 11.2 Å². The highest BCUT2D eigenvalue weighted by Crippen LogP contribution is 2.41. The van der Waals surface area contributed by atoms with Gasteiger partial charge in [0.15, 0.2) is 0 Å². The summed E-state index contributed by atoms with van der Waals surface area (Å²) in [4.78, 5) is 10.8. The third kappa shape index (κ3) is 3.19. The van der Waals surface area contributed by atoms with E-state index in [4.69, 9.17) is 16.7 Å². The first kappa shape index (κ1) is 12.4. The third-order valence-electron chi connectivity index (χ3n) is 3.25. The van der Waals surface area contributed by atoms with E-state index in [9.17, 15) is 9.18 Å². The summed E-state index contributed by atoms with van der Waals surface area (Å²) in [6.45, 7) is 0. The van der Waals surface area contributed by atoms with Crippen LogP contribution >= 0.6 is 11.6 Å². The lowest BCUT2D eigenvalue weighted by atomic mass is 9.91. The standard InChI is InChI=1S/C13H14ClFO2/c14-11-2-1-3-12(15)10(11)6-9(7-13(16)17)8-4-5-8/h1-3,8-9H,4-7H2,(H,16,17). The molecular formula is C13H14ClFO2. The molecule has 0 aliphatic heterocycles. The van der Waals surface area contributed by atoms with Gasteiger partial charge < -0.3 is 5.11 Å². The zero-order valence-electron chi connectivity index (χ0n) is 9.33. The van der Waals surface area contributed by atoms with Gasteiger partial charge in [-0.3, -0.25) is 4.79 Å². The van der Waals surface area contributed by atoms with Crippen molar-refractivity contribution in [2.24, 2.45) is 11.8 Å². The SMILES string of the molecule is O=C(O)CC(Cc1c(F)cccc1Cl)C1CC1. The van der Waals surface area contributed by atoms with Gasteiger partial charge in [-0.1, -0.05) is 17.7 Å². The molecule has 2 rings (SSSR count). The summed E-state index contributed by atoms with van der Waals surface area (Å²) in [5.74, 6) is -0.744. The molecule has 0 spiro atoms. The van der Waals surface area contributed by atoms with Crippen LogP contribution in [0.3, 0.4) is 0 Å². The highest BCUT2D eigenvalue weighted by Gasteiger charge is 2.33. The van der Waals surface area contributed by atoms with Crippen molar-refractivity contribution in [1.82, 2.24) is 0 Å². The quantitative estimate of drug-likeness (QED) is 0.875. The fourth-order valence-electron chi connectivity index (χ4n) is 2.19. The van der Waals surface area contributed by atoms with Crippen molar-refractivity contribution in [3.05, 3.63) is 34.6 Å². The lowest BCUT2D eigenvalue weighted by Crippen LogP contribution is -2.14. The Kier molecular flexibility index (Phi) is 3.67. The Bertz CT molecular complexity index is 409. The maximum Gasteiger partial charge on any atom is 0.303 e. The van der Waals surface area contributed by atoms with Crippen LogP contribution < -0.4 is 0 Å². The third-order valence-corrected chi connectivity index (χ3v) is 3.61. The summed E-state index contributed by atoms with van der Waals surface area (Å²) in [5, 5.41) is 9.24. The molecule has 0 bridgehead atoms. The zero-order valence-corrected chi connectivity index (χ0v) is 10.1. The van der Waals surface area contributed by atoms with Gasteiger partial charge in [0.2, 0.25) is 0 Å². The number of hydrogen-bond acceptors (Lipinski definition) is 1. The average Bonchev–Trinajstić information content (AvgIpc) is 3.05. The van der Waals surface area contributed by atoms with E-state index < -0.39 is 5.97 Å². The second-order valence-corrected chi connectivity index (χ2v) is 5.01.